The molecule has 0 aliphatic carbocycles. The first-order valence-corrected chi connectivity index (χ1v) is 9.17. The van der Waals surface area contributed by atoms with E-state index in [1.165, 1.54) is 4.90 Å². The van der Waals surface area contributed by atoms with E-state index < -0.39 is 0 Å². The largest absolute Gasteiger partial charge is 0.350 e. The van der Waals surface area contributed by atoms with Gasteiger partial charge in [-0.2, -0.15) is 0 Å². The smallest absolute Gasteiger partial charge is 0.278 e. The Morgan fingerprint density at radius 3 is 2.00 bits per heavy atom. The van der Waals surface area contributed by atoms with Gasteiger partial charge in [-0.15, -0.1) is 0 Å². The Morgan fingerprint density at radius 1 is 0.750 bits per heavy atom. The lowest BCUT2D eigenvalue weighted by Crippen LogP contribution is -2.31. The molecule has 0 radical (unpaired) electrons. The lowest BCUT2D eigenvalue weighted by Gasteiger charge is -2.15. The molecule has 1 aliphatic rings. The quantitative estimate of drug-likeness (QED) is 0.680. The molecule has 1 N–H and O–H groups in total. The van der Waals surface area contributed by atoms with Crippen LogP contribution >= 0.6 is 0 Å². The molecular weight excluding hydrogens is 348 g/mol. The van der Waals surface area contributed by atoms with Crippen molar-refractivity contribution in [1.82, 2.24) is 4.90 Å². The van der Waals surface area contributed by atoms with Gasteiger partial charge in [0, 0.05) is 5.69 Å². The predicted octanol–water partition coefficient (Wildman–Crippen LogP) is 4.39. The van der Waals surface area contributed by atoms with E-state index in [0.29, 0.717) is 11.3 Å². The lowest BCUT2D eigenvalue weighted by molar-refractivity contribution is -0.137. The Morgan fingerprint density at radius 2 is 1.36 bits per heavy atom. The van der Waals surface area contributed by atoms with Gasteiger partial charge in [0.2, 0.25) is 0 Å². The van der Waals surface area contributed by atoms with Crippen LogP contribution in [0.1, 0.15) is 16.7 Å². The average Bonchev–Trinajstić information content (AvgIpc) is 2.95. The average molecular weight is 368 g/mol. The zero-order valence-corrected chi connectivity index (χ0v) is 15.6. The second-order valence-corrected chi connectivity index (χ2v) is 6.79. The molecular formula is C24H20N2O2. The number of amides is 2. The summed E-state index contributed by atoms with van der Waals surface area (Å²) in [7, 11) is 0. The van der Waals surface area contributed by atoms with E-state index in [4.69, 9.17) is 0 Å². The number of hydrogen-bond acceptors (Lipinski definition) is 3. The fraction of sp³-hybridized carbons (Fsp3) is 0.0833. The van der Waals surface area contributed by atoms with Gasteiger partial charge >= 0.3 is 0 Å². The van der Waals surface area contributed by atoms with Gasteiger partial charge in [0.25, 0.3) is 11.8 Å². The maximum atomic E-state index is 13.2. The van der Waals surface area contributed by atoms with Crippen LogP contribution in [0.15, 0.2) is 90.6 Å². The molecule has 0 aromatic heterocycles. The first-order valence-electron chi connectivity index (χ1n) is 9.17. The van der Waals surface area contributed by atoms with Gasteiger partial charge < -0.3 is 5.32 Å². The first kappa shape index (κ1) is 17.7. The Balaban J connectivity index is 1.74. The van der Waals surface area contributed by atoms with Crippen molar-refractivity contribution in [2.24, 2.45) is 0 Å². The third-order valence-electron chi connectivity index (χ3n) is 4.73. The molecule has 3 aromatic carbocycles. The fourth-order valence-electron chi connectivity index (χ4n) is 3.26. The highest BCUT2D eigenvalue weighted by atomic mass is 16.2. The molecule has 0 saturated heterocycles. The van der Waals surface area contributed by atoms with Gasteiger partial charge in [0.1, 0.15) is 5.70 Å². The van der Waals surface area contributed by atoms with Crippen LogP contribution in [0.3, 0.4) is 0 Å². The van der Waals surface area contributed by atoms with E-state index in [-0.39, 0.29) is 18.4 Å². The molecule has 0 fully saturated rings. The molecule has 4 rings (SSSR count). The Hall–Kier alpha value is -3.66. The van der Waals surface area contributed by atoms with Crippen LogP contribution in [-0.4, -0.2) is 16.7 Å². The predicted molar refractivity (Wildman–Crippen MR) is 110 cm³/mol. The van der Waals surface area contributed by atoms with Crippen molar-refractivity contribution in [2.75, 3.05) is 5.32 Å². The third kappa shape index (κ3) is 3.45. The monoisotopic (exact) mass is 368 g/mol. The second-order valence-electron chi connectivity index (χ2n) is 6.79. The van der Waals surface area contributed by atoms with Crippen molar-refractivity contribution in [3.05, 3.63) is 107 Å². The molecule has 0 saturated carbocycles. The molecule has 1 heterocycles. The molecule has 2 amide bonds. The van der Waals surface area contributed by atoms with E-state index in [0.717, 1.165) is 22.4 Å². The molecule has 0 atom stereocenters. The van der Waals surface area contributed by atoms with E-state index in [9.17, 15) is 9.59 Å². The zero-order chi connectivity index (χ0) is 19.5. The highest BCUT2D eigenvalue weighted by molar-refractivity contribution is 6.36. The number of nitrogens with one attached hydrogen (secondary N) is 1. The fourth-order valence-corrected chi connectivity index (χ4v) is 3.26. The number of rotatable bonds is 5. The van der Waals surface area contributed by atoms with Gasteiger partial charge in [-0.25, -0.2) is 0 Å². The minimum Gasteiger partial charge on any atom is -0.350 e. The number of carbonyl (C=O) groups is 2. The SMILES string of the molecule is Cc1ccc(C2=C(Nc3ccccc3)C(=O)N(Cc3ccccc3)C2=O)cc1. The summed E-state index contributed by atoms with van der Waals surface area (Å²) in [5.74, 6) is -0.593. The summed E-state index contributed by atoms with van der Waals surface area (Å²) in [4.78, 5) is 27.7. The molecule has 0 bridgehead atoms. The molecule has 4 nitrogen and oxygen atoms in total. The molecule has 3 aromatic rings. The van der Waals surface area contributed by atoms with Crippen LogP contribution in [0.5, 0.6) is 0 Å². The molecule has 1 aliphatic heterocycles. The van der Waals surface area contributed by atoms with Crippen LogP contribution in [-0.2, 0) is 16.1 Å². The molecule has 0 spiro atoms. The van der Waals surface area contributed by atoms with Crippen LogP contribution in [0.4, 0.5) is 5.69 Å². The molecule has 0 unspecified atom stereocenters. The van der Waals surface area contributed by atoms with E-state index in [1.807, 2.05) is 91.9 Å². The molecule has 138 valence electrons. The summed E-state index contributed by atoms with van der Waals surface area (Å²) in [5.41, 5.74) is 4.23. The van der Waals surface area contributed by atoms with Crippen LogP contribution in [0.25, 0.3) is 5.57 Å². The van der Waals surface area contributed by atoms with Crippen molar-refractivity contribution in [1.29, 1.82) is 0 Å². The highest BCUT2D eigenvalue weighted by Gasteiger charge is 2.39. The van der Waals surface area contributed by atoms with Gasteiger partial charge in [-0.05, 0) is 30.2 Å². The highest BCUT2D eigenvalue weighted by Crippen LogP contribution is 2.31. The summed E-state index contributed by atoms with van der Waals surface area (Å²) < 4.78 is 0. The van der Waals surface area contributed by atoms with Crippen molar-refractivity contribution in [3.63, 3.8) is 0 Å². The minimum absolute atomic E-state index is 0.244. The Labute approximate surface area is 164 Å². The van der Waals surface area contributed by atoms with Crippen LogP contribution in [0.2, 0.25) is 0 Å². The number of aryl methyl sites for hydroxylation is 1. The second kappa shape index (κ2) is 7.53. The number of hydrogen-bond donors (Lipinski definition) is 1. The lowest BCUT2D eigenvalue weighted by atomic mass is 10.0. The summed E-state index contributed by atoms with van der Waals surface area (Å²) >= 11 is 0. The maximum absolute atomic E-state index is 13.2. The number of imide groups is 1. The summed E-state index contributed by atoms with van der Waals surface area (Å²) in [6.07, 6.45) is 0. The topological polar surface area (TPSA) is 49.4 Å². The Bertz CT molecular complexity index is 1040. The standard InChI is InChI=1S/C24H20N2O2/c1-17-12-14-19(15-13-17)21-22(25-20-10-6-3-7-11-20)24(28)26(23(21)27)16-18-8-4-2-5-9-18/h2-15,25H,16H2,1H3. The number of para-hydroxylation sites is 1. The van der Waals surface area contributed by atoms with E-state index >= 15 is 0 Å². The summed E-state index contributed by atoms with van der Waals surface area (Å²) in [6.45, 7) is 2.23. The third-order valence-corrected chi connectivity index (χ3v) is 4.73. The van der Waals surface area contributed by atoms with Gasteiger partial charge in [0.15, 0.2) is 0 Å². The minimum atomic E-state index is -0.312. The van der Waals surface area contributed by atoms with Gasteiger partial charge in [-0.3, -0.25) is 14.5 Å². The summed E-state index contributed by atoms with van der Waals surface area (Å²) in [5, 5.41) is 3.17. The molecule has 4 heteroatoms. The zero-order valence-electron chi connectivity index (χ0n) is 15.6. The summed E-state index contributed by atoms with van der Waals surface area (Å²) in [6, 6.07) is 26.6. The number of anilines is 1. The van der Waals surface area contributed by atoms with E-state index in [2.05, 4.69) is 5.32 Å². The molecule has 28 heavy (non-hydrogen) atoms. The van der Waals surface area contributed by atoms with Crippen molar-refractivity contribution in [2.45, 2.75) is 13.5 Å². The van der Waals surface area contributed by atoms with E-state index in [1.54, 1.807) is 0 Å². The van der Waals surface area contributed by atoms with Gasteiger partial charge in [0.05, 0.1) is 12.1 Å². The van der Waals surface area contributed by atoms with Crippen molar-refractivity contribution >= 4 is 23.1 Å². The first-order chi connectivity index (χ1) is 13.6. The Kier molecular flexibility index (Phi) is 4.77. The number of carbonyl (C=O) groups excluding carboxylic acids is 2. The maximum Gasteiger partial charge on any atom is 0.278 e. The van der Waals surface area contributed by atoms with Crippen LogP contribution < -0.4 is 5.32 Å². The normalized spacial score (nSPS) is 14.0. The van der Waals surface area contributed by atoms with Gasteiger partial charge in [-0.1, -0.05) is 78.4 Å². The number of benzene rings is 3. The van der Waals surface area contributed by atoms with Crippen molar-refractivity contribution < 1.29 is 9.59 Å². The van der Waals surface area contributed by atoms with Crippen molar-refractivity contribution in [3.8, 4) is 0 Å². The van der Waals surface area contributed by atoms with Crippen LogP contribution in [0, 0.1) is 6.92 Å². The number of nitrogens with zero attached hydrogens (tertiary/aromatic N) is 1.